The van der Waals surface area contributed by atoms with Crippen LogP contribution in [0.1, 0.15) is 26.2 Å². The summed E-state index contributed by atoms with van der Waals surface area (Å²) in [6, 6.07) is 2.47. The third-order valence-corrected chi connectivity index (χ3v) is 3.24. The van der Waals surface area contributed by atoms with Gasteiger partial charge in [0, 0.05) is 25.6 Å². The van der Waals surface area contributed by atoms with Gasteiger partial charge < -0.3 is 9.64 Å². The lowest BCUT2D eigenvalue weighted by Gasteiger charge is -2.34. The molecule has 0 N–H and O–H groups in total. The van der Waals surface area contributed by atoms with E-state index in [1.165, 1.54) is 0 Å². The van der Waals surface area contributed by atoms with Crippen LogP contribution in [0.2, 0.25) is 0 Å². The van der Waals surface area contributed by atoms with Crippen molar-refractivity contribution in [3.63, 3.8) is 0 Å². The molecule has 3 unspecified atom stereocenters. The Morgan fingerprint density at radius 3 is 3.00 bits per heavy atom. The van der Waals surface area contributed by atoms with Crippen molar-refractivity contribution >= 4 is 5.91 Å². The zero-order chi connectivity index (χ0) is 10.8. The van der Waals surface area contributed by atoms with Crippen LogP contribution in [0.5, 0.6) is 0 Å². The number of nitrogens with zero attached hydrogens (tertiary/aromatic N) is 2. The Labute approximate surface area is 89.8 Å². The molecule has 2 aliphatic rings. The number of amides is 1. The van der Waals surface area contributed by atoms with Crippen molar-refractivity contribution in [2.24, 2.45) is 5.92 Å². The molecule has 0 aliphatic carbocycles. The molecular formula is C11H16N2O2. The highest BCUT2D eigenvalue weighted by Crippen LogP contribution is 2.26. The van der Waals surface area contributed by atoms with Gasteiger partial charge >= 0.3 is 0 Å². The minimum absolute atomic E-state index is 0.101. The minimum Gasteiger partial charge on any atom is -0.378 e. The first-order valence-corrected chi connectivity index (χ1v) is 5.51. The number of rotatable bonds is 1. The zero-order valence-electron chi connectivity index (χ0n) is 8.98. The lowest BCUT2D eigenvalue weighted by atomic mass is 10.0. The molecule has 15 heavy (non-hydrogen) atoms. The third-order valence-electron chi connectivity index (χ3n) is 3.24. The highest BCUT2D eigenvalue weighted by Gasteiger charge is 2.36. The molecular weight excluding hydrogens is 192 g/mol. The molecule has 2 heterocycles. The summed E-state index contributed by atoms with van der Waals surface area (Å²) in [6.07, 6.45) is 2.46. The second-order valence-electron chi connectivity index (χ2n) is 4.44. The molecule has 0 saturated carbocycles. The zero-order valence-corrected chi connectivity index (χ0v) is 8.98. The average molecular weight is 208 g/mol. The van der Waals surface area contributed by atoms with Crippen LogP contribution in [-0.2, 0) is 9.53 Å². The molecule has 2 fully saturated rings. The van der Waals surface area contributed by atoms with Gasteiger partial charge in [-0.15, -0.1) is 0 Å². The highest BCUT2D eigenvalue weighted by atomic mass is 16.5. The van der Waals surface area contributed by atoms with Crippen LogP contribution in [0.3, 0.4) is 0 Å². The molecule has 2 aliphatic heterocycles. The summed E-state index contributed by atoms with van der Waals surface area (Å²) >= 11 is 0. The van der Waals surface area contributed by atoms with E-state index in [4.69, 9.17) is 10.00 Å². The molecule has 0 spiro atoms. The molecule has 4 nitrogen and oxygen atoms in total. The van der Waals surface area contributed by atoms with Gasteiger partial charge in [-0.1, -0.05) is 0 Å². The number of hydrogen-bond donors (Lipinski definition) is 0. The molecule has 0 aromatic carbocycles. The van der Waals surface area contributed by atoms with Crippen LogP contribution in [0, 0.1) is 17.2 Å². The van der Waals surface area contributed by atoms with Crippen LogP contribution in [0.4, 0.5) is 0 Å². The Balaban J connectivity index is 1.99. The summed E-state index contributed by atoms with van der Waals surface area (Å²) in [5.74, 6) is 0.0382. The van der Waals surface area contributed by atoms with E-state index >= 15 is 0 Å². The summed E-state index contributed by atoms with van der Waals surface area (Å²) in [7, 11) is 0. The van der Waals surface area contributed by atoms with E-state index < -0.39 is 0 Å². The van der Waals surface area contributed by atoms with Crippen molar-refractivity contribution in [1.29, 1.82) is 5.26 Å². The number of likely N-dealkylation sites (tertiary alicyclic amines) is 1. The molecule has 2 rings (SSSR count). The van der Waals surface area contributed by atoms with Crippen molar-refractivity contribution in [2.45, 2.75) is 38.3 Å². The number of carbonyl (C=O) groups excluding carboxylic acids is 1. The molecule has 82 valence electrons. The van der Waals surface area contributed by atoms with E-state index in [0.29, 0.717) is 19.0 Å². The van der Waals surface area contributed by atoms with Crippen LogP contribution in [0.25, 0.3) is 0 Å². The predicted octanol–water partition coefficient (Wildman–Crippen LogP) is 0.926. The molecule has 2 saturated heterocycles. The summed E-state index contributed by atoms with van der Waals surface area (Å²) in [5, 5.41) is 8.80. The van der Waals surface area contributed by atoms with E-state index in [0.717, 1.165) is 19.4 Å². The Kier molecular flexibility index (Phi) is 2.92. The summed E-state index contributed by atoms with van der Waals surface area (Å²) in [6.45, 7) is 3.38. The molecule has 0 radical (unpaired) electrons. The standard InChI is InChI=1S/C11H16N2O2/c1-8-4-10(2-3-15-8)13-7-9(6-12)5-11(13)14/h8-10H,2-5,7H2,1H3. The summed E-state index contributed by atoms with van der Waals surface area (Å²) in [4.78, 5) is 13.6. The smallest absolute Gasteiger partial charge is 0.224 e. The molecule has 1 amide bonds. The van der Waals surface area contributed by atoms with Gasteiger partial charge in [-0.25, -0.2) is 0 Å². The Morgan fingerprint density at radius 2 is 2.40 bits per heavy atom. The van der Waals surface area contributed by atoms with E-state index in [-0.39, 0.29) is 17.9 Å². The maximum atomic E-state index is 11.7. The summed E-state index contributed by atoms with van der Waals surface area (Å²) in [5.41, 5.74) is 0. The first-order valence-electron chi connectivity index (χ1n) is 5.51. The maximum Gasteiger partial charge on any atom is 0.224 e. The van der Waals surface area contributed by atoms with Crippen LogP contribution in [0.15, 0.2) is 0 Å². The lowest BCUT2D eigenvalue weighted by molar-refractivity contribution is -0.132. The fourth-order valence-corrected chi connectivity index (χ4v) is 2.43. The van der Waals surface area contributed by atoms with Gasteiger partial charge in [-0.05, 0) is 19.8 Å². The normalized spacial score (nSPS) is 36.7. The van der Waals surface area contributed by atoms with E-state index in [1.807, 2.05) is 11.8 Å². The van der Waals surface area contributed by atoms with E-state index in [2.05, 4.69) is 6.07 Å². The van der Waals surface area contributed by atoms with Crippen molar-refractivity contribution in [3.8, 4) is 6.07 Å². The fourth-order valence-electron chi connectivity index (χ4n) is 2.43. The van der Waals surface area contributed by atoms with Crippen LogP contribution >= 0.6 is 0 Å². The molecule has 0 bridgehead atoms. The van der Waals surface area contributed by atoms with Gasteiger partial charge in [0.1, 0.15) is 0 Å². The second kappa shape index (κ2) is 4.19. The van der Waals surface area contributed by atoms with Crippen LogP contribution < -0.4 is 0 Å². The number of hydrogen-bond acceptors (Lipinski definition) is 3. The second-order valence-corrected chi connectivity index (χ2v) is 4.44. The van der Waals surface area contributed by atoms with Gasteiger partial charge in [0.2, 0.25) is 5.91 Å². The maximum absolute atomic E-state index is 11.7. The van der Waals surface area contributed by atoms with Crippen molar-refractivity contribution in [3.05, 3.63) is 0 Å². The largest absolute Gasteiger partial charge is 0.378 e. The van der Waals surface area contributed by atoms with E-state index in [9.17, 15) is 4.79 Å². The quantitative estimate of drug-likeness (QED) is 0.644. The SMILES string of the molecule is CC1CC(N2CC(C#N)CC2=O)CCO1. The Hall–Kier alpha value is -1.08. The Morgan fingerprint density at radius 1 is 1.60 bits per heavy atom. The van der Waals surface area contributed by atoms with Crippen molar-refractivity contribution < 1.29 is 9.53 Å². The fraction of sp³-hybridized carbons (Fsp3) is 0.818. The third kappa shape index (κ3) is 2.13. The lowest BCUT2D eigenvalue weighted by Crippen LogP contribution is -2.42. The van der Waals surface area contributed by atoms with Gasteiger partial charge in [-0.2, -0.15) is 5.26 Å². The molecule has 0 aromatic rings. The number of nitriles is 1. The van der Waals surface area contributed by atoms with Gasteiger partial charge in [0.05, 0.1) is 18.1 Å². The Bertz CT molecular complexity index is 297. The topological polar surface area (TPSA) is 53.3 Å². The van der Waals surface area contributed by atoms with Gasteiger partial charge in [0.15, 0.2) is 0 Å². The number of carbonyl (C=O) groups is 1. The average Bonchev–Trinajstić information content (AvgIpc) is 2.60. The number of ether oxygens (including phenoxy) is 1. The first kappa shape index (κ1) is 10.4. The molecule has 4 heteroatoms. The summed E-state index contributed by atoms with van der Waals surface area (Å²) < 4.78 is 5.45. The van der Waals surface area contributed by atoms with Gasteiger partial charge in [-0.3, -0.25) is 4.79 Å². The first-order chi connectivity index (χ1) is 7.20. The van der Waals surface area contributed by atoms with Gasteiger partial charge in [0.25, 0.3) is 0 Å². The monoisotopic (exact) mass is 208 g/mol. The minimum atomic E-state index is -0.101. The van der Waals surface area contributed by atoms with Crippen molar-refractivity contribution in [1.82, 2.24) is 4.90 Å². The predicted molar refractivity (Wildman–Crippen MR) is 53.9 cm³/mol. The van der Waals surface area contributed by atoms with E-state index in [1.54, 1.807) is 0 Å². The molecule has 3 atom stereocenters. The highest BCUT2D eigenvalue weighted by molar-refractivity contribution is 5.79. The van der Waals surface area contributed by atoms with Crippen molar-refractivity contribution in [2.75, 3.05) is 13.2 Å². The molecule has 0 aromatic heterocycles. The van der Waals surface area contributed by atoms with Crippen LogP contribution in [-0.4, -0.2) is 36.1 Å².